The summed E-state index contributed by atoms with van der Waals surface area (Å²) in [6, 6.07) is 2.00. The first kappa shape index (κ1) is 7.72. The molecule has 2 nitrogen and oxygen atoms in total. The van der Waals surface area contributed by atoms with Crippen molar-refractivity contribution < 1.29 is 5.11 Å². The number of hydrogen-bond donors (Lipinski definition) is 2. The molecule has 0 aromatic carbocycles. The molecule has 0 saturated carbocycles. The number of thiophene rings is 1. The van der Waals surface area contributed by atoms with E-state index in [0.717, 1.165) is 5.56 Å². The zero-order valence-electron chi connectivity index (χ0n) is 5.66. The molecule has 0 spiro atoms. The largest absolute Gasteiger partial charge is 0.396 e. The normalized spacial score (nSPS) is 13.4. The summed E-state index contributed by atoms with van der Waals surface area (Å²) in [6.07, 6.45) is 0. The SMILES string of the molecule is NCC(CO)c1ccsc1. The molecule has 0 aliphatic rings. The second kappa shape index (κ2) is 3.71. The number of rotatable bonds is 3. The summed E-state index contributed by atoms with van der Waals surface area (Å²) in [5, 5.41) is 12.8. The van der Waals surface area contributed by atoms with E-state index in [1.165, 1.54) is 0 Å². The van der Waals surface area contributed by atoms with Crippen LogP contribution in [0.25, 0.3) is 0 Å². The highest BCUT2D eigenvalue weighted by atomic mass is 32.1. The molecule has 1 heterocycles. The van der Waals surface area contributed by atoms with Crippen LogP contribution >= 0.6 is 11.3 Å². The van der Waals surface area contributed by atoms with Crippen molar-refractivity contribution in [3.05, 3.63) is 22.4 Å². The maximum atomic E-state index is 8.82. The number of aliphatic hydroxyl groups is 1. The summed E-state index contributed by atoms with van der Waals surface area (Å²) >= 11 is 1.63. The zero-order chi connectivity index (χ0) is 7.40. The number of aliphatic hydroxyl groups excluding tert-OH is 1. The molecule has 10 heavy (non-hydrogen) atoms. The first-order valence-electron chi connectivity index (χ1n) is 3.21. The molecule has 1 aromatic heterocycles. The predicted molar refractivity (Wildman–Crippen MR) is 43.2 cm³/mol. The Bertz CT molecular complexity index is 170. The van der Waals surface area contributed by atoms with E-state index < -0.39 is 0 Å². The summed E-state index contributed by atoms with van der Waals surface area (Å²) in [5.74, 6) is 0.131. The van der Waals surface area contributed by atoms with Crippen molar-refractivity contribution >= 4 is 11.3 Å². The molecule has 0 radical (unpaired) electrons. The Morgan fingerprint density at radius 2 is 2.50 bits per heavy atom. The van der Waals surface area contributed by atoms with E-state index in [1.807, 2.05) is 16.8 Å². The summed E-state index contributed by atoms with van der Waals surface area (Å²) in [6.45, 7) is 0.667. The Morgan fingerprint density at radius 1 is 1.70 bits per heavy atom. The molecular weight excluding hydrogens is 146 g/mol. The molecule has 1 atom stereocenters. The zero-order valence-corrected chi connectivity index (χ0v) is 6.47. The van der Waals surface area contributed by atoms with Crippen molar-refractivity contribution in [3.63, 3.8) is 0 Å². The van der Waals surface area contributed by atoms with Gasteiger partial charge in [-0.1, -0.05) is 0 Å². The highest BCUT2D eigenvalue weighted by Crippen LogP contribution is 2.16. The number of hydrogen-bond acceptors (Lipinski definition) is 3. The molecular formula is C7H11NOS. The maximum Gasteiger partial charge on any atom is 0.0512 e. The Morgan fingerprint density at radius 3 is 2.90 bits per heavy atom. The van der Waals surface area contributed by atoms with Crippen LogP contribution in [-0.4, -0.2) is 18.3 Å². The third kappa shape index (κ3) is 1.56. The second-order valence-corrected chi connectivity index (χ2v) is 2.95. The molecule has 0 amide bonds. The summed E-state index contributed by atoms with van der Waals surface area (Å²) in [5.41, 5.74) is 6.57. The van der Waals surface area contributed by atoms with E-state index >= 15 is 0 Å². The van der Waals surface area contributed by atoms with Crippen LogP contribution in [0, 0.1) is 0 Å². The molecule has 1 aromatic rings. The summed E-state index contributed by atoms with van der Waals surface area (Å²) < 4.78 is 0. The Balaban J connectivity index is 2.64. The molecule has 0 aliphatic heterocycles. The second-order valence-electron chi connectivity index (χ2n) is 2.17. The van der Waals surface area contributed by atoms with E-state index in [2.05, 4.69) is 0 Å². The summed E-state index contributed by atoms with van der Waals surface area (Å²) in [7, 11) is 0. The standard InChI is InChI=1S/C7H11NOS/c8-3-7(4-9)6-1-2-10-5-6/h1-2,5,7,9H,3-4,8H2. The van der Waals surface area contributed by atoms with Gasteiger partial charge >= 0.3 is 0 Å². The van der Waals surface area contributed by atoms with Gasteiger partial charge < -0.3 is 10.8 Å². The predicted octanol–water partition coefficient (Wildman–Crippen LogP) is 0.783. The Labute approximate surface area is 64.3 Å². The van der Waals surface area contributed by atoms with Gasteiger partial charge in [0.2, 0.25) is 0 Å². The lowest BCUT2D eigenvalue weighted by Gasteiger charge is -2.07. The molecule has 1 unspecified atom stereocenters. The highest BCUT2D eigenvalue weighted by molar-refractivity contribution is 7.07. The van der Waals surface area contributed by atoms with Gasteiger partial charge in [0.1, 0.15) is 0 Å². The van der Waals surface area contributed by atoms with Crippen molar-refractivity contribution in [1.29, 1.82) is 0 Å². The van der Waals surface area contributed by atoms with Gasteiger partial charge in [-0.3, -0.25) is 0 Å². The monoisotopic (exact) mass is 157 g/mol. The van der Waals surface area contributed by atoms with Crippen molar-refractivity contribution in [2.75, 3.05) is 13.2 Å². The molecule has 0 saturated heterocycles. The van der Waals surface area contributed by atoms with Crippen molar-refractivity contribution in [3.8, 4) is 0 Å². The van der Waals surface area contributed by atoms with Gasteiger partial charge in [-0.25, -0.2) is 0 Å². The fourth-order valence-electron chi connectivity index (χ4n) is 0.823. The van der Waals surface area contributed by atoms with E-state index in [0.29, 0.717) is 6.54 Å². The van der Waals surface area contributed by atoms with Gasteiger partial charge in [-0.05, 0) is 22.4 Å². The molecule has 1 rings (SSSR count). The quantitative estimate of drug-likeness (QED) is 0.681. The van der Waals surface area contributed by atoms with Gasteiger partial charge in [0, 0.05) is 12.5 Å². The molecule has 3 N–H and O–H groups in total. The molecule has 0 aliphatic carbocycles. The average molecular weight is 157 g/mol. The fourth-order valence-corrected chi connectivity index (χ4v) is 1.57. The lowest BCUT2D eigenvalue weighted by atomic mass is 10.0. The van der Waals surface area contributed by atoms with Crippen LogP contribution in [0.3, 0.4) is 0 Å². The van der Waals surface area contributed by atoms with Crippen LogP contribution in [0.15, 0.2) is 16.8 Å². The molecule has 3 heteroatoms. The first-order valence-corrected chi connectivity index (χ1v) is 4.15. The fraction of sp³-hybridized carbons (Fsp3) is 0.429. The topological polar surface area (TPSA) is 46.2 Å². The van der Waals surface area contributed by atoms with Crippen LogP contribution in [0.4, 0.5) is 0 Å². The minimum atomic E-state index is 0.131. The van der Waals surface area contributed by atoms with Gasteiger partial charge in [0.05, 0.1) is 6.61 Å². The molecule has 0 fully saturated rings. The third-order valence-electron chi connectivity index (χ3n) is 1.52. The minimum absolute atomic E-state index is 0.131. The lowest BCUT2D eigenvalue weighted by molar-refractivity contribution is 0.268. The van der Waals surface area contributed by atoms with Crippen LogP contribution in [0.2, 0.25) is 0 Å². The smallest absolute Gasteiger partial charge is 0.0512 e. The van der Waals surface area contributed by atoms with Crippen molar-refractivity contribution in [1.82, 2.24) is 0 Å². The average Bonchev–Trinajstić information content (AvgIpc) is 2.43. The van der Waals surface area contributed by atoms with Crippen LogP contribution in [0.5, 0.6) is 0 Å². The van der Waals surface area contributed by atoms with Gasteiger partial charge in [-0.15, -0.1) is 0 Å². The molecule has 56 valence electrons. The number of nitrogens with two attached hydrogens (primary N) is 1. The van der Waals surface area contributed by atoms with Gasteiger partial charge in [0.15, 0.2) is 0 Å². The van der Waals surface area contributed by atoms with E-state index in [4.69, 9.17) is 10.8 Å². The summed E-state index contributed by atoms with van der Waals surface area (Å²) in [4.78, 5) is 0. The third-order valence-corrected chi connectivity index (χ3v) is 2.22. The van der Waals surface area contributed by atoms with Crippen LogP contribution in [0.1, 0.15) is 11.5 Å². The van der Waals surface area contributed by atoms with Crippen LogP contribution in [-0.2, 0) is 0 Å². The molecule has 0 bridgehead atoms. The van der Waals surface area contributed by atoms with E-state index in [-0.39, 0.29) is 12.5 Å². The van der Waals surface area contributed by atoms with Crippen LogP contribution < -0.4 is 5.73 Å². The Kier molecular flexibility index (Phi) is 2.86. The van der Waals surface area contributed by atoms with Crippen molar-refractivity contribution in [2.45, 2.75) is 5.92 Å². The van der Waals surface area contributed by atoms with Crippen molar-refractivity contribution in [2.24, 2.45) is 5.73 Å². The van der Waals surface area contributed by atoms with E-state index in [9.17, 15) is 0 Å². The van der Waals surface area contributed by atoms with Gasteiger partial charge in [-0.2, -0.15) is 11.3 Å². The maximum absolute atomic E-state index is 8.82. The Hall–Kier alpha value is -0.380. The first-order chi connectivity index (χ1) is 4.88. The minimum Gasteiger partial charge on any atom is -0.396 e. The highest BCUT2D eigenvalue weighted by Gasteiger charge is 2.06. The lowest BCUT2D eigenvalue weighted by Crippen LogP contribution is -2.15. The van der Waals surface area contributed by atoms with Gasteiger partial charge in [0.25, 0.3) is 0 Å². The van der Waals surface area contributed by atoms with E-state index in [1.54, 1.807) is 11.3 Å².